The zero-order chi connectivity index (χ0) is 10.4. The molecule has 1 N–H and O–H groups in total. The summed E-state index contributed by atoms with van der Waals surface area (Å²) >= 11 is 0. The van der Waals surface area contributed by atoms with Gasteiger partial charge in [-0.15, -0.1) is 0 Å². The van der Waals surface area contributed by atoms with E-state index in [4.69, 9.17) is 0 Å². The van der Waals surface area contributed by atoms with Crippen molar-refractivity contribution in [2.24, 2.45) is 0 Å². The molecule has 1 aromatic heterocycles. The fraction of sp³-hybridized carbons (Fsp3) is 0.400. The van der Waals surface area contributed by atoms with E-state index in [1.165, 1.54) is 0 Å². The van der Waals surface area contributed by atoms with Crippen LogP contribution in [0.2, 0.25) is 0 Å². The first-order valence-corrected chi connectivity index (χ1v) is 4.50. The Labute approximate surface area is 83.9 Å². The molecule has 0 spiro atoms. The maximum Gasteiger partial charge on any atom is 0.234 e. The molecule has 1 heterocycles. The Bertz CT molecular complexity index is 285. The molecule has 4 heteroatoms. The van der Waals surface area contributed by atoms with Crippen molar-refractivity contribution in [1.82, 2.24) is 15.2 Å². The lowest BCUT2D eigenvalue weighted by atomic mass is 10.3. The third-order valence-electron chi connectivity index (χ3n) is 1.65. The maximum absolute atomic E-state index is 11.2. The summed E-state index contributed by atoms with van der Waals surface area (Å²) in [5, 5.41) is 2.79. The summed E-state index contributed by atoms with van der Waals surface area (Å²) in [5.74, 6) is 0.0145. The highest BCUT2D eigenvalue weighted by molar-refractivity contribution is 5.77. The van der Waals surface area contributed by atoms with E-state index in [9.17, 15) is 4.79 Å². The molecule has 14 heavy (non-hydrogen) atoms. The van der Waals surface area contributed by atoms with Crippen molar-refractivity contribution in [2.75, 3.05) is 20.6 Å². The SMILES string of the molecule is CN(C)CC(=O)NCc1ccccn1. The van der Waals surface area contributed by atoms with Gasteiger partial charge in [0, 0.05) is 6.20 Å². The van der Waals surface area contributed by atoms with Gasteiger partial charge < -0.3 is 10.2 Å². The normalized spacial score (nSPS) is 10.2. The van der Waals surface area contributed by atoms with Gasteiger partial charge in [-0.1, -0.05) is 6.07 Å². The zero-order valence-corrected chi connectivity index (χ0v) is 8.53. The predicted molar refractivity (Wildman–Crippen MR) is 54.6 cm³/mol. The molecule has 76 valence electrons. The van der Waals surface area contributed by atoms with Gasteiger partial charge in [-0.05, 0) is 26.2 Å². The summed E-state index contributed by atoms with van der Waals surface area (Å²) in [7, 11) is 3.72. The van der Waals surface area contributed by atoms with Gasteiger partial charge in [0.15, 0.2) is 0 Å². The molecule has 0 bridgehead atoms. The number of pyridine rings is 1. The van der Waals surface area contributed by atoms with Crippen LogP contribution >= 0.6 is 0 Å². The average molecular weight is 193 g/mol. The lowest BCUT2D eigenvalue weighted by Crippen LogP contribution is -2.32. The number of nitrogens with zero attached hydrogens (tertiary/aromatic N) is 2. The Morgan fingerprint density at radius 2 is 2.29 bits per heavy atom. The van der Waals surface area contributed by atoms with Gasteiger partial charge in [0.05, 0.1) is 18.8 Å². The Morgan fingerprint density at radius 1 is 1.50 bits per heavy atom. The van der Waals surface area contributed by atoms with E-state index in [1.54, 1.807) is 6.20 Å². The third-order valence-corrected chi connectivity index (χ3v) is 1.65. The van der Waals surface area contributed by atoms with Crippen molar-refractivity contribution in [3.8, 4) is 0 Å². The molecule has 0 aliphatic carbocycles. The number of likely N-dealkylation sites (N-methyl/N-ethyl adjacent to an activating group) is 1. The third kappa shape index (κ3) is 4.00. The number of aromatic nitrogens is 1. The molecule has 1 amide bonds. The minimum absolute atomic E-state index is 0.0145. The van der Waals surface area contributed by atoms with Gasteiger partial charge in [0.25, 0.3) is 0 Å². The molecule has 0 atom stereocenters. The number of carbonyl (C=O) groups excluding carboxylic acids is 1. The van der Waals surface area contributed by atoms with Crippen molar-refractivity contribution in [3.05, 3.63) is 30.1 Å². The van der Waals surface area contributed by atoms with Crippen LogP contribution in [0.5, 0.6) is 0 Å². The van der Waals surface area contributed by atoms with Gasteiger partial charge in [-0.25, -0.2) is 0 Å². The smallest absolute Gasteiger partial charge is 0.234 e. The second-order valence-corrected chi connectivity index (χ2v) is 3.34. The highest BCUT2D eigenvalue weighted by Gasteiger charge is 2.01. The first kappa shape index (κ1) is 10.7. The number of rotatable bonds is 4. The Morgan fingerprint density at radius 3 is 2.86 bits per heavy atom. The van der Waals surface area contributed by atoms with Crippen LogP contribution < -0.4 is 5.32 Å². The largest absolute Gasteiger partial charge is 0.349 e. The molecule has 1 rings (SSSR count). The Hall–Kier alpha value is -1.42. The first-order valence-electron chi connectivity index (χ1n) is 4.50. The summed E-state index contributed by atoms with van der Waals surface area (Å²) in [6.45, 7) is 0.903. The van der Waals surface area contributed by atoms with E-state index in [0.29, 0.717) is 13.1 Å². The van der Waals surface area contributed by atoms with Gasteiger partial charge in [-0.2, -0.15) is 0 Å². The molecule has 0 unspecified atom stereocenters. The molecule has 0 saturated carbocycles. The number of nitrogens with one attached hydrogen (secondary N) is 1. The monoisotopic (exact) mass is 193 g/mol. The minimum atomic E-state index is 0.0145. The summed E-state index contributed by atoms with van der Waals surface area (Å²) in [5.41, 5.74) is 0.875. The summed E-state index contributed by atoms with van der Waals surface area (Å²) in [6.07, 6.45) is 1.72. The standard InChI is InChI=1S/C10H15N3O/c1-13(2)8-10(14)12-7-9-5-3-4-6-11-9/h3-6H,7-8H2,1-2H3,(H,12,14). The van der Waals surface area contributed by atoms with E-state index in [0.717, 1.165) is 5.69 Å². The van der Waals surface area contributed by atoms with Gasteiger partial charge in [0.2, 0.25) is 5.91 Å². The highest BCUT2D eigenvalue weighted by Crippen LogP contribution is 1.91. The topological polar surface area (TPSA) is 45.2 Å². The molecular weight excluding hydrogens is 178 g/mol. The van der Waals surface area contributed by atoms with E-state index in [2.05, 4.69) is 10.3 Å². The molecular formula is C10H15N3O. The van der Waals surface area contributed by atoms with Crippen LogP contribution in [0.4, 0.5) is 0 Å². The fourth-order valence-corrected chi connectivity index (χ4v) is 1.03. The lowest BCUT2D eigenvalue weighted by Gasteiger charge is -2.09. The molecule has 0 radical (unpaired) electrons. The van der Waals surface area contributed by atoms with Crippen LogP contribution in [-0.2, 0) is 11.3 Å². The van der Waals surface area contributed by atoms with Gasteiger partial charge >= 0.3 is 0 Å². The van der Waals surface area contributed by atoms with Crippen LogP contribution in [0.15, 0.2) is 24.4 Å². The molecule has 1 aromatic rings. The van der Waals surface area contributed by atoms with E-state index in [-0.39, 0.29) is 5.91 Å². The molecule has 0 aliphatic heterocycles. The van der Waals surface area contributed by atoms with Crippen LogP contribution in [0, 0.1) is 0 Å². The molecule has 0 fully saturated rings. The molecule has 4 nitrogen and oxygen atoms in total. The summed E-state index contributed by atoms with van der Waals surface area (Å²) < 4.78 is 0. The number of amides is 1. The second-order valence-electron chi connectivity index (χ2n) is 3.34. The maximum atomic E-state index is 11.2. The summed E-state index contributed by atoms with van der Waals surface area (Å²) in [6, 6.07) is 5.64. The molecule has 0 aromatic carbocycles. The van der Waals surface area contributed by atoms with Gasteiger partial charge in [-0.3, -0.25) is 9.78 Å². The van der Waals surface area contributed by atoms with Gasteiger partial charge in [0.1, 0.15) is 0 Å². The molecule has 0 aliphatic rings. The van der Waals surface area contributed by atoms with Crippen LogP contribution in [0.25, 0.3) is 0 Å². The average Bonchev–Trinajstić information content (AvgIpc) is 2.15. The van der Waals surface area contributed by atoms with Crippen molar-refractivity contribution in [2.45, 2.75) is 6.54 Å². The second kappa shape index (κ2) is 5.34. The highest BCUT2D eigenvalue weighted by atomic mass is 16.1. The van der Waals surface area contributed by atoms with E-state index < -0.39 is 0 Å². The first-order chi connectivity index (χ1) is 6.68. The molecule has 0 saturated heterocycles. The van der Waals surface area contributed by atoms with E-state index >= 15 is 0 Å². The van der Waals surface area contributed by atoms with Crippen molar-refractivity contribution < 1.29 is 4.79 Å². The van der Waals surface area contributed by atoms with Crippen LogP contribution in [-0.4, -0.2) is 36.4 Å². The van der Waals surface area contributed by atoms with E-state index in [1.807, 2.05) is 37.2 Å². The fourth-order valence-electron chi connectivity index (χ4n) is 1.03. The minimum Gasteiger partial charge on any atom is -0.349 e. The Kier molecular flexibility index (Phi) is 4.07. The number of hydrogen-bond donors (Lipinski definition) is 1. The number of hydrogen-bond acceptors (Lipinski definition) is 3. The van der Waals surface area contributed by atoms with Crippen LogP contribution in [0.1, 0.15) is 5.69 Å². The van der Waals surface area contributed by atoms with Crippen LogP contribution in [0.3, 0.4) is 0 Å². The Balaban J connectivity index is 2.31. The van der Waals surface area contributed by atoms with Crippen molar-refractivity contribution >= 4 is 5.91 Å². The zero-order valence-electron chi connectivity index (χ0n) is 8.53. The predicted octanol–water partition coefficient (Wildman–Crippen LogP) is 0.259. The summed E-state index contributed by atoms with van der Waals surface area (Å²) in [4.78, 5) is 17.2. The van der Waals surface area contributed by atoms with Crippen molar-refractivity contribution in [1.29, 1.82) is 0 Å². The quantitative estimate of drug-likeness (QED) is 0.746. The lowest BCUT2D eigenvalue weighted by molar-refractivity contribution is -0.121. The number of carbonyl (C=O) groups is 1. The van der Waals surface area contributed by atoms with Crippen molar-refractivity contribution in [3.63, 3.8) is 0 Å².